The predicted molar refractivity (Wildman–Crippen MR) is 104 cm³/mol. The zero-order valence-corrected chi connectivity index (χ0v) is 15.9. The van der Waals surface area contributed by atoms with Gasteiger partial charge in [-0.3, -0.25) is 14.9 Å². The highest BCUT2D eigenvalue weighted by Crippen LogP contribution is 2.37. The maximum absolute atomic E-state index is 13.5. The smallest absolute Gasteiger partial charge is 0.355 e. The van der Waals surface area contributed by atoms with Crippen molar-refractivity contribution in [2.75, 3.05) is 12.4 Å². The molecule has 1 atom stereocenters. The first-order valence-corrected chi connectivity index (χ1v) is 8.86. The maximum Gasteiger partial charge on any atom is 0.355 e. The van der Waals surface area contributed by atoms with E-state index in [2.05, 4.69) is 20.8 Å². The lowest BCUT2D eigenvalue weighted by molar-refractivity contribution is -0.384. The van der Waals surface area contributed by atoms with Crippen molar-refractivity contribution in [2.45, 2.75) is 6.04 Å². The highest BCUT2D eigenvalue weighted by Gasteiger charge is 2.38. The van der Waals surface area contributed by atoms with Crippen LogP contribution in [0.2, 0.25) is 0 Å². The van der Waals surface area contributed by atoms with E-state index in [0.717, 1.165) is 7.11 Å². The molecule has 0 saturated carbocycles. The quantitative estimate of drug-likeness (QED) is 0.267. The number of carbonyl (C=O) groups is 2. The van der Waals surface area contributed by atoms with Gasteiger partial charge >= 0.3 is 5.97 Å². The van der Waals surface area contributed by atoms with Crippen molar-refractivity contribution in [3.8, 4) is 5.75 Å². The lowest BCUT2D eigenvalue weighted by Gasteiger charge is -2.28. The summed E-state index contributed by atoms with van der Waals surface area (Å²) >= 11 is 0. The van der Waals surface area contributed by atoms with Crippen LogP contribution in [0, 0.1) is 10.1 Å². The molecule has 4 rings (SSSR count). The number of Topliss-reactive ketones (excluding diaryl/α,β-unsaturated/α-hetero) is 1. The molecule has 1 aliphatic rings. The molecule has 156 valence electrons. The molecular formula is C19H14N6O6. The first kappa shape index (κ1) is 19.7. The number of non-ortho nitro benzene ring substituents is 1. The monoisotopic (exact) mass is 422 g/mol. The van der Waals surface area contributed by atoms with E-state index in [-0.39, 0.29) is 34.2 Å². The van der Waals surface area contributed by atoms with Crippen LogP contribution in [-0.2, 0) is 9.53 Å². The van der Waals surface area contributed by atoms with Crippen LogP contribution in [0.25, 0.3) is 0 Å². The molecule has 12 nitrogen and oxygen atoms in total. The summed E-state index contributed by atoms with van der Waals surface area (Å²) in [6.07, 6.45) is 0. The summed E-state index contributed by atoms with van der Waals surface area (Å²) in [5.74, 6) is -1.28. The molecule has 0 fully saturated rings. The summed E-state index contributed by atoms with van der Waals surface area (Å²) in [5, 5.41) is 34.6. The first-order chi connectivity index (χ1) is 14.9. The molecule has 2 heterocycles. The molecule has 31 heavy (non-hydrogen) atoms. The van der Waals surface area contributed by atoms with Crippen LogP contribution in [0.3, 0.4) is 0 Å². The lowest BCUT2D eigenvalue weighted by Crippen LogP contribution is -2.32. The summed E-state index contributed by atoms with van der Waals surface area (Å²) in [4.78, 5) is 36.4. The summed E-state index contributed by atoms with van der Waals surface area (Å²) in [7, 11) is 1.16. The molecule has 2 aromatic carbocycles. The molecule has 0 unspecified atom stereocenters. The lowest BCUT2D eigenvalue weighted by atomic mass is 9.89. The van der Waals surface area contributed by atoms with Gasteiger partial charge in [0.25, 0.3) is 5.69 Å². The van der Waals surface area contributed by atoms with E-state index >= 15 is 0 Å². The average molecular weight is 422 g/mol. The van der Waals surface area contributed by atoms with Gasteiger partial charge in [-0.25, -0.2) is 4.79 Å². The molecule has 0 aliphatic carbocycles. The Morgan fingerprint density at radius 2 is 1.84 bits per heavy atom. The number of rotatable bonds is 5. The van der Waals surface area contributed by atoms with Crippen LogP contribution >= 0.6 is 0 Å². The summed E-state index contributed by atoms with van der Waals surface area (Å²) in [5.41, 5.74) is 0.263. The van der Waals surface area contributed by atoms with Gasteiger partial charge < -0.3 is 15.2 Å². The number of carbonyl (C=O) groups excluding carboxylic acids is 2. The highest BCUT2D eigenvalue weighted by atomic mass is 16.6. The van der Waals surface area contributed by atoms with Crippen LogP contribution in [0.4, 0.5) is 11.6 Å². The molecule has 1 aliphatic heterocycles. The molecular weight excluding hydrogens is 408 g/mol. The largest absolute Gasteiger partial charge is 0.508 e. The Hall–Kier alpha value is -4.61. The number of hydrogen-bond donors (Lipinski definition) is 2. The standard InChI is InChI=1S/C19H14N6O6/c1-31-18(28)15-14(17(27)11-2-6-12(7-3-11)25(29)30)16(10-4-8-13(26)9-5-10)24-19(20-15)21-22-23-24/h2-9,16,26H,1H3,(H,20,21,23)/t16-/m1/s1. The number of tetrazole rings is 1. The van der Waals surface area contributed by atoms with Gasteiger partial charge in [0, 0.05) is 17.7 Å². The van der Waals surface area contributed by atoms with Gasteiger partial charge in [-0.2, -0.15) is 4.68 Å². The van der Waals surface area contributed by atoms with E-state index < -0.39 is 22.7 Å². The van der Waals surface area contributed by atoms with Gasteiger partial charge in [0.15, 0.2) is 5.78 Å². The Morgan fingerprint density at radius 3 is 2.45 bits per heavy atom. The number of anilines is 1. The second-order valence-electron chi connectivity index (χ2n) is 6.48. The molecule has 0 radical (unpaired) electrons. The van der Waals surface area contributed by atoms with E-state index in [9.17, 15) is 24.8 Å². The third-order valence-corrected chi connectivity index (χ3v) is 4.70. The number of phenols is 1. The third kappa shape index (κ3) is 3.46. The molecule has 0 bridgehead atoms. The van der Waals surface area contributed by atoms with Crippen molar-refractivity contribution in [3.05, 3.63) is 81.0 Å². The summed E-state index contributed by atoms with van der Waals surface area (Å²) in [6, 6.07) is 10.0. The number of nitro groups is 1. The van der Waals surface area contributed by atoms with Gasteiger partial charge in [0.2, 0.25) is 5.95 Å². The van der Waals surface area contributed by atoms with Crippen molar-refractivity contribution < 1.29 is 24.4 Å². The average Bonchev–Trinajstić information content (AvgIpc) is 3.26. The molecule has 12 heteroatoms. The molecule has 0 spiro atoms. The number of aromatic nitrogens is 4. The topological polar surface area (TPSA) is 162 Å². The summed E-state index contributed by atoms with van der Waals surface area (Å²) < 4.78 is 6.15. The zero-order valence-electron chi connectivity index (χ0n) is 15.9. The SMILES string of the molecule is COC(=O)C1=C(C(=O)c2ccc([N+](=O)[O-])cc2)[C@@H](c2ccc(O)cc2)n2nnnc2N1. The normalized spacial score (nSPS) is 15.1. The van der Waals surface area contributed by atoms with Crippen LogP contribution in [-0.4, -0.2) is 49.1 Å². The van der Waals surface area contributed by atoms with Crippen LogP contribution in [0.5, 0.6) is 5.75 Å². The molecule has 0 amide bonds. The van der Waals surface area contributed by atoms with Crippen molar-refractivity contribution in [2.24, 2.45) is 0 Å². The van der Waals surface area contributed by atoms with E-state index in [1.165, 1.54) is 41.1 Å². The molecule has 2 N–H and O–H groups in total. The number of methoxy groups -OCH3 is 1. The number of esters is 1. The number of ether oxygens (including phenoxy) is 1. The van der Waals surface area contributed by atoms with Crippen molar-refractivity contribution in [3.63, 3.8) is 0 Å². The number of nitrogens with zero attached hydrogens (tertiary/aromatic N) is 5. The van der Waals surface area contributed by atoms with E-state index in [1.807, 2.05) is 0 Å². The minimum Gasteiger partial charge on any atom is -0.508 e. The fraction of sp³-hybridized carbons (Fsp3) is 0.105. The van der Waals surface area contributed by atoms with E-state index in [0.29, 0.717) is 5.56 Å². The minimum atomic E-state index is -0.927. The van der Waals surface area contributed by atoms with Gasteiger partial charge in [0.1, 0.15) is 17.5 Å². The first-order valence-electron chi connectivity index (χ1n) is 8.86. The zero-order chi connectivity index (χ0) is 22.1. The number of hydrogen-bond acceptors (Lipinski definition) is 10. The second kappa shape index (κ2) is 7.67. The van der Waals surface area contributed by atoms with E-state index in [4.69, 9.17) is 4.74 Å². The maximum atomic E-state index is 13.5. The number of ketones is 1. The number of nitro benzene ring substituents is 1. The molecule has 0 saturated heterocycles. The van der Waals surface area contributed by atoms with Crippen LogP contribution in [0.15, 0.2) is 59.8 Å². The molecule has 3 aromatic rings. The number of allylic oxidation sites excluding steroid dienone is 1. The Morgan fingerprint density at radius 1 is 1.16 bits per heavy atom. The predicted octanol–water partition coefficient (Wildman–Crippen LogP) is 1.61. The fourth-order valence-corrected chi connectivity index (χ4v) is 3.24. The van der Waals surface area contributed by atoms with Crippen molar-refractivity contribution >= 4 is 23.4 Å². The van der Waals surface area contributed by atoms with Gasteiger partial charge in [-0.15, -0.1) is 0 Å². The van der Waals surface area contributed by atoms with Gasteiger partial charge in [-0.1, -0.05) is 17.2 Å². The Kier molecular flexibility index (Phi) is 4.87. The van der Waals surface area contributed by atoms with Gasteiger partial charge in [-0.05, 0) is 40.3 Å². The Labute approximate surface area is 173 Å². The minimum absolute atomic E-state index is 0.00930. The van der Waals surface area contributed by atoms with Crippen LogP contribution in [0.1, 0.15) is 22.0 Å². The molecule has 1 aromatic heterocycles. The number of phenolic OH excluding ortho intramolecular Hbond substituents is 1. The number of aromatic hydroxyl groups is 1. The Bertz CT molecular complexity index is 1220. The Balaban J connectivity index is 1.90. The van der Waals surface area contributed by atoms with Gasteiger partial charge in [0.05, 0.1) is 17.6 Å². The second-order valence-corrected chi connectivity index (χ2v) is 6.48. The van der Waals surface area contributed by atoms with Crippen LogP contribution < -0.4 is 5.32 Å². The third-order valence-electron chi connectivity index (χ3n) is 4.70. The number of benzene rings is 2. The highest BCUT2D eigenvalue weighted by molar-refractivity contribution is 6.15. The van der Waals surface area contributed by atoms with Crippen molar-refractivity contribution in [1.82, 2.24) is 20.2 Å². The number of nitrogens with one attached hydrogen (secondary N) is 1. The fourth-order valence-electron chi connectivity index (χ4n) is 3.24. The van der Waals surface area contributed by atoms with E-state index in [1.54, 1.807) is 12.1 Å². The van der Waals surface area contributed by atoms with Crippen molar-refractivity contribution in [1.29, 1.82) is 0 Å². The summed E-state index contributed by atoms with van der Waals surface area (Å²) in [6.45, 7) is 0. The number of fused-ring (bicyclic) bond motifs is 1.